The second kappa shape index (κ2) is 7.32. The van der Waals surface area contributed by atoms with Crippen molar-refractivity contribution in [3.8, 4) is 0 Å². The van der Waals surface area contributed by atoms with Gasteiger partial charge in [0.25, 0.3) is 11.5 Å². The van der Waals surface area contributed by atoms with Crippen molar-refractivity contribution in [1.29, 1.82) is 0 Å². The second-order valence-corrected chi connectivity index (χ2v) is 5.47. The third kappa shape index (κ3) is 4.32. The number of halogens is 3. The maximum Gasteiger partial charge on any atom is 0.418 e. The molecule has 0 spiro atoms. The maximum absolute atomic E-state index is 13.2. The lowest BCUT2D eigenvalue weighted by molar-refractivity contribution is -0.136. The van der Waals surface area contributed by atoms with Crippen LogP contribution in [0.2, 0.25) is 0 Å². The molecule has 9 heteroatoms. The average Bonchev–Trinajstić information content (AvgIpc) is 2.63. The summed E-state index contributed by atoms with van der Waals surface area (Å²) in [6, 6.07) is 13.7. The summed E-state index contributed by atoms with van der Waals surface area (Å²) in [5, 5.41) is 11.0. The van der Waals surface area contributed by atoms with Crippen molar-refractivity contribution in [3.63, 3.8) is 0 Å². The van der Waals surface area contributed by atoms with Crippen LogP contribution in [0.4, 0.5) is 30.2 Å². The Labute approximate surface area is 151 Å². The molecule has 0 unspecified atom stereocenters. The Morgan fingerprint density at radius 1 is 0.889 bits per heavy atom. The van der Waals surface area contributed by atoms with Crippen LogP contribution in [0.25, 0.3) is 0 Å². The molecule has 0 fully saturated rings. The van der Waals surface area contributed by atoms with Gasteiger partial charge in [-0.2, -0.15) is 18.3 Å². The Bertz CT molecular complexity index is 1010. The lowest BCUT2D eigenvalue weighted by Gasteiger charge is -2.17. The largest absolute Gasteiger partial charge is 0.418 e. The van der Waals surface area contributed by atoms with E-state index in [1.807, 2.05) is 0 Å². The highest BCUT2D eigenvalue weighted by atomic mass is 19.4. The van der Waals surface area contributed by atoms with Crippen LogP contribution in [0.5, 0.6) is 0 Å². The first-order valence-corrected chi connectivity index (χ1v) is 7.74. The minimum atomic E-state index is -4.53. The number of rotatable bonds is 4. The molecule has 0 radical (unpaired) electrons. The van der Waals surface area contributed by atoms with E-state index in [-0.39, 0.29) is 22.8 Å². The molecule has 2 aromatic carbocycles. The van der Waals surface area contributed by atoms with Gasteiger partial charge in [-0.25, -0.2) is 5.10 Å². The maximum atomic E-state index is 13.2. The topological polar surface area (TPSA) is 86.9 Å². The molecule has 3 rings (SSSR count). The number of para-hydroxylation sites is 3. The number of hydrogen-bond acceptors (Lipinski definition) is 4. The molecule has 27 heavy (non-hydrogen) atoms. The molecule has 0 bridgehead atoms. The van der Waals surface area contributed by atoms with Gasteiger partial charge in [0.2, 0.25) is 0 Å². The van der Waals surface area contributed by atoms with Gasteiger partial charge < -0.3 is 10.6 Å². The summed E-state index contributed by atoms with van der Waals surface area (Å²) in [7, 11) is 0. The van der Waals surface area contributed by atoms with Crippen LogP contribution < -0.4 is 16.2 Å². The number of amides is 1. The van der Waals surface area contributed by atoms with E-state index in [1.54, 1.807) is 12.1 Å². The molecule has 0 aliphatic rings. The molecule has 3 aromatic rings. The van der Waals surface area contributed by atoms with Crippen LogP contribution in [0.1, 0.15) is 16.1 Å². The molecule has 0 aliphatic heterocycles. The van der Waals surface area contributed by atoms with Gasteiger partial charge in [-0.05, 0) is 30.3 Å². The van der Waals surface area contributed by atoms with E-state index < -0.39 is 23.2 Å². The fraction of sp³-hybridized carbons (Fsp3) is 0.0556. The number of benzene rings is 2. The monoisotopic (exact) mass is 374 g/mol. The first kappa shape index (κ1) is 18.2. The number of anilines is 3. The minimum absolute atomic E-state index is 0.0416. The zero-order valence-electron chi connectivity index (χ0n) is 13.7. The summed E-state index contributed by atoms with van der Waals surface area (Å²) in [6.45, 7) is 0. The molecule has 0 saturated carbocycles. The zero-order chi connectivity index (χ0) is 19.4. The van der Waals surface area contributed by atoms with Crippen LogP contribution >= 0.6 is 0 Å². The van der Waals surface area contributed by atoms with Gasteiger partial charge >= 0.3 is 6.18 Å². The Kier molecular flexibility index (Phi) is 4.93. The summed E-state index contributed by atoms with van der Waals surface area (Å²) in [5.41, 5.74) is -0.945. The van der Waals surface area contributed by atoms with Crippen molar-refractivity contribution in [2.24, 2.45) is 0 Å². The highest BCUT2D eigenvalue weighted by Gasteiger charge is 2.33. The van der Waals surface area contributed by atoms with Gasteiger partial charge in [-0.3, -0.25) is 9.59 Å². The van der Waals surface area contributed by atoms with E-state index in [2.05, 4.69) is 20.8 Å². The number of nitrogens with one attached hydrogen (secondary N) is 3. The van der Waals surface area contributed by atoms with Crippen molar-refractivity contribution >= 4 is 23.0 Å². The van der Waals surface area contributed by atoms with Gasteiger partial charge in [0.05, 0.1) is 22.6 Å². The predicted octanol–water partition coefficient (Wildman–Crippen LogP) is 3.78. The number of H-pyrrole nitrogens is 1. The molecule has 1 amide bonds. The van der Waals surface area contributed by atoms with Crippen LogP contribution in [-0.4, -0.2) is 16.1 Å². The number of aromatic amines is 1. The molecule has 1 aromatic heterocycles. The van der Waals surface area contributed by atoms with E-state index >= 15 is 0 Å². The first-order valence-electron chi connectivity index (χ1n) is 7.74. The molecule has 138 valence electrons. The lowest BCUT2D eigenvalue weighted by Crippen LogP contribution is -2.18. The number of hydrogen-bond donors (Lipinski definition) is 3. The molecular weight excluding hydrogens is 361 g/mol. The summed E-state index contributed by atoms with van der Waals surface area (Å²) in [6.07, 6.45) is -4.53. The molecule has 0 atom stereocenters. The lowest BCUT2D eigenvalue weighted by atomic mass is 10.1. The van der Waals surface area contributed by atoms with E-state index in [0.717, 1.165) is 12.1 Å². The van der Waals surface area contributed by atoms with Gasteiger partial charge in [0.15, 0.2) is 0 Å². The molecular formula is C18H13F3N4O2. The number of nitrogens with zero attached hydrogens (tertiary/aromatic N) is 1. The van der Waals surface area contributed by atoms with E-state index in [0.29, 0.717) is 0 Å². The van der Waals surface area contributed by atoms with Crippen LogP contribution in [0.3, 0.4) is 0 Å². The smallest absolute Gasteiger partial charge is 0.353 e. The zero-order valence-corrected chi connectivity index (χ0v) is 13.7. The fourth-order valence-corrected chi connectivity index (χ4v) is 2.34. The Morgan fingerprint density at radius 3 is 2.15 bits per heavy atom. The van der Waals surface area contributed by atoms with Crippen molar-refractivity contribution in [1.82, 2.24) is 10.2 Å². The van der Waals surface area contributed by atoms with Crippen molar-refractivity contribution in [2.45, 2.75) is 6.18 Å². The fourth-order valence-electron chi connectivity index (χ4n) is 2.34. The van der Waals surface area contributed by atoms with Crippen LogP contribution in [-0.2, 0) is 6.18 Å². The van der Waals surface area contributed by atoms with Crippen LogP contribution in [0, 0.1) is 0 Å². The summed E-state index contributed by atoms with van der Waals surface area (Å²) >= 11 is 0. The molecule has 0 saturated heterocycles. The highest BCUT2D eigenvalue weighted by molar-refractivity contribution is 6.04. The SMILES string of the molecule is O=C(Nc1ccccc1Nc1ccccc1C(F)(F)F)c1ccc(=O)[nH]n1. The van der Waals surface area contributed by atoms with Gasteiger partial charge in [0, 0.05) is 6.07 Å². The quantitative estimate of drug-likeness (QED) is 0.649. The van der Waals surface area contributed by atoms with Crippen molar-refractivity contribution in [3.05, 3.63) is 82.3 Å². The van der Waals surface area contributed by atoms with Gasteiger partial charge in [-0.15, -0.1) is 0 Å². The summed E-state index contributed by atoms with van der Waals surface area (Å²) < 4.78 is 39.5. The van der Waals surface area contributed by atoms with E-state index in [1.165, 1.54) is 36.4 Å². The van der Waals surface area contributed by atoms with Crippen molar-refractivity contribution in [2.75, 3.05) is 10.6 Å². The number of carbonyl (C=O) groups is 1. The predicted molar refractivity (Wildman–Crippen MR) is 94.0 cm³/mol. The average molecular weight is 374 g/mol. The number of aromatic nitrogens is 2. The Balaban J connectivity index is 1.88. The van der Waals surface area contributed by atoms with Crippen molar-refractivity contribution < 1.29 is 18.0 Å². The van der Waals surface area contributed by atoms with Gasteiger partial charge in [0.1, 0.15) is 5.69 Å². The van der Waals surface area contributed by atoms with E-state index in [4.69, 9.17) is 0 Å². The van der Waals surface area contributed by atoms with Gasteiger partial charge in [-0.1, -0.05) is 24.3 Å². The second-order valence-electron chi connectivity index (χ2n) is 5.47. The number of alkyl halides is 3. The molecule has 3 N–H and O–H groups in total. The molecule has 0 aliphatic carbocycles. The number of carbonyl (C=O) groups excluding carboxylic acids is 1. The highest BCUT2D eigenvalue weighted by Crippen LogP contribution is 2.37. The molecule has 6 nitrogen and oxygen atoms in total. The third-order valence-corrected chi connectivity index (χ3v) is 3.59. The Hall–Kier alpha value is -3.62. The Morgan fingerprint density at radius 2 is 1.52 bits per heavy atom. The standard InChI is InChI=1S/C18H13F3N4O2/c19-18(20,21)11-5-1-2-6-12(11)22-13-7-3-4-8-14(13)23-17(27)15-9-10-16(26)25-24-15/h1-10,22H,(H,23,27)(H,25,26). The summed E-state index contributed by atoms with van der Waals surface area (Å²) in [4.78, 5) is 23.3. The first-order chi connectivity index (χ1) is 12.8. The van der Waals surface area contributed by atoms with E-state index in [9.17, 15) is 22.8 Å². The third-order valence-electron chi connectivity index (χ3n) is 3.59. The minimum Gasteiger partial charge on any atom is -0.353 e. The molecule has 1 heterocycles. The van der Waals surface area contributed by atoms with Crippen LogP contribution in [0.15, 0.2) is 65.5 Å². The summed E-state index contributed by atoms with van der Waals surface area (Å²) in [5.74, 6) is -0.621. The normalized spacial score (nSPS) is 11.1.